The number of aromatic nitrogens is 3. The van der Waals surface area contributed by atoms with E-state index in [2.05, 4.69) is 27.1 Å². The van der Waals surface area contributed by atoms with Gasteiger partial charge in [0, 0.05) is 62.0 Å². The van der Waals surface area contributed by atoms with Crippen LogP contribution in [-0.2, 0) is 14.8 Å². The van der Waals surface area contributed by atoms with Crippen molar-refractivity contribution in [2.45, 2.75) is 23.8 Å². The largest absolute Gasteiger partial charge is 0.372 e. The van der Waals surface area contributed by atoms with Gasteiger partial charge in [-0.05, 0) is 69.4 Å². The fourth-order valence-electron chi connectivity index (χ4n) is 6.20. The zero-order valence-electron chi connectivity index (χ0n) is 29.3. The molecular formula is C38H41ClN8O4S. The predicted octanol–water partition coefficient (Wildman–Crippen LogP) is 5.83. The first-order valence-corrected chi connectivity index (χ1v) is 18.7. The number of likely N-dealkylation sites (N-methyl/N-ethyl adjacent to an activating group) is 2. The number of hydrogen-bond donors (Lipinski definition) is 2. The van der Waals surface area contributed by atoms with E-state index in [1.165, 1.54) is 16.2 Å². The minimum atomic E-state index is -3.89. The van der Waals surface area contributed by atoms with Crippen molar-refractivity contribution in [2.75, 3.05) is 62.9 Å². The van der Waals surface area contributed by atoms with Crippen LogP contribution in [0.15, 0.2) is 103 Å². The Morgan fingerprint density at radius 2 is 1.71 bits per heavy atom. The van der Waals surface area contributed by atoms with Crippen molar-refractivity contribution >= 4 is 61.7 Å². The first-order valence-electron chi connectivity index (χ1n) is 16.9. The highest BCUT2D eigenvalue weighted by Gasteiger charge is 2.27. The third-order valence-corrected chi connectivity index (χ3v) is 11.0. The van der Waals surface area contributed by atoms with E-state index in [-0.39, 0.29) is 27.8 Å². The van der Waals surface area contributed by atoms with E-state index in [0.717, 1.165) is 12.2 Å². The number of halogens is 1. The molecule has 0 atom stereocenters. The number of hydrogen-bond acceptors (Lipinski definition) is 9. The van der Waals surface area contributed by atoms with Crippen molar-refractivity contribution < 1.29 is 18.0 Å². The summed E-state index contributed by atoms with van der Waals surface area (Å²) in [7, 11) is 2.02. The lowest BCUT2D eigenvalue weighted by molar-refractivity contribution is -0.111. The summed E-state index contributed by atoms with van der Waals surface area (Å²) in [5.41, 5.74) is 3.36. The molecule has 0 bridgehead atoms. The number of para-hydroxylation sites is 1. The predicted molar refractivity (Wildman–Crippen MR) is 207 cm³/mol. The minimum absolute atomic E-state index is 0.0119. The fraction of sp³-hybridized carbons (Fsp3) is 0.263. The molecule has 0 spiro atoms. The number of carbonyl (C=O) groups excluding carboxylic acids is 2. The number of amides is 2. The third kappa shape index (κ3) is 7.81. The van der Waals surface area contributed by atoms with Crippen LogP contribution >= 0.6 is 11.6 Å². The summed E-state index contributed by atoms with van der Waals surface area (Å²) in [4.78, 5) is 41.1. The van der Waals surface area contributed by atoms with Crippen LogP contribution in [0, 0.1) is 0 Å². The number of anilines is 3. The Labute approximate surface area is 308 Å². The van der Waals surface area contributed by atoms with Crippen LogP contribution in [0.25, 0.3) is 22.2 Å². The van der Waals surface area contributed by atoms with E-state index in [4.69, 9.17) is 16.6 Å². The van der Waals surface area contributed by atoms with Crippen LogP contribution in [0.2, 0.25) is 5.02 Å². The zero-order valence-corrected chi connectivity index (χ0v) is 30.9. The molecule has 1 saturated heterocycles. The SMILES string of the molecule is C=CC(=O)Nc1ccc(C(=O)N2CCC(Nc3ncc(Cl)c(-c4cn(S(=O)(=O)c5ccccc5)c5ccccc45)n3)CC2)cc1N(C)CCN(C)C. The van der Waals surface area contributed by atoms with Gasteiger partial charge >= 0.3 is 0 Å². The van der Waals surface area contributed by atoms with Gasteiger partial charge in [-0.15, -0.1) is 0 Å². The lowest BCUT2D eigenvalue weighted by Gasteiger charge is -2.33. The smallest absolute Gasteiger partial charge is 0.268 e. The van der Waals surface area contributed by atoms with Crippen molar-refractivity contribution in [3.8, 4) is 11.3 Å². The van der Waals surface area contributed by atoms with Gasteiger partial charge in [-0.1, -0.05) is 54.6 Å². The monoisotopic (exact) mass is 740 g/mol. The molecule has 0 aliphatic carbocycles. The molecule has 2 aromatic heterocycles. The molecule has 0 saturated carbocycles. The van der Waals surface area contributed by atoms with Crippen LogP contribution < -0.4 is 15.5 Å². The van der Waals surface area contributed by atoms with Gasteiger partial charge in [-0.2, -0.15) is 0 Å². The number of fused-ring (bicyclic) bond motifs is 1. The lowest BCUT2D eigenvalue weighted by Crippen LogP contribution is -2.42. The van der Waals surface area contributed by atoms with E-state index in [9.17, 15) is 18.0 Å². The Bertz CT molecular complexity index is 2220. The molecule has 12 nitrogen and oxygen atoms in total. The van der Waals surface area contributed by atoms with Gasteiger partial charge in [-0.25, -0.2) is 22.4 Å². The number of piperidine rings is 1. The molecule has 0 unspecified atom stereocenters. The second-order valence-corrected chi connectivity index (χ2v) is 15.1. The number of nitrogens with zero attached hydrogens (tertiary/aromatic N) is 6. The second-order valence-electron chi connectivity index (χ2n) is 12.9. The Hall–Kier alpha value is -5.24. The fourth-order valence-corrected chi connectivity index (χ4v) is 7.78. The molecule has 1 fully saturated rings. The summed E-state index contributed by atoms with van der Waals surface area (Å²) in [6.07, 6.45) is 5.60. The first-order chi connectivity index (χ1) is 25.0. The molecule has 0 radical (unpaired) electrons. The summed E-state index contributed by atoms with van der Waals surface area (Å²) < 4.78 is 28.6. The van der Waals surface area contributed by atoms with Gasteiger partial charge in [0.25, 0.3) is 15.9 Å². The van der Waals surface area contributed by atoms with E-state index in [1.807, 2.05) is 49.1 Å². The van der Waals surface area contributed by atoms with Gasteiger partial charge in [0.15, 0.2) is 0 Å². The molecule has 2 amide bonds. The Balaban J connectivity index is 1.18. The van der Waals surface area contributed by atoms with Crippen LogP contribution in [0.5, 0.6) is 0 Å². The molecule has 14 heteroatoms. The van der Waals surface area contributed by atoms with Gasteiger partial charge < -0.3 is 25.3 Å². The number of nitrogens with one attached hydrogen (secondary N) is 2. The lowest BCUT2D eigenvalue weighted by atomic mass is 10.0. The van der Waals surface area contributed by atoms with Crippen molar-refractivity contribution in [1.82, 2.24) is 23.7 Å². The number of likely N-dealkylation sites (tertiary alicyclic amines) is 1. The topological polar surface area (TPSA) is 133 Å². The van der Waals surface area contributed by atoms with Gasteiger partial charge in [0.2, 0.25) is 11.9 Å². The summed E-state index contributed by atoms with van der Waals surface area (Å²) in [5.74, 6) is -0.0564. The Morgan fingerprint density at radius 3 is 2.42 bits per heavy atom. The molecule has 2 N–H and O–H groups in total. The maximum absolute atomic E-state index is 13.7. The standard InChI is InChI=1S/C38H41ClN8O4S/c1-5-35(48)42-32-16-15-26(23-34(32)45(4)22-21-44(2)3)37(49)46-19-17-27(18-20-46)41-38-40-24-31(39)36(43-38)30-25-47(33-14-10-9-13-29(30)33)52(50,51)28-11-7-6-8-12-28/h5-16,23-25,27H,1,17-22H2,2-4H3,(H,42,48)(H,40,41,43). The summed E-state index contributed by atoms with van der Waals surface area (Å²) in [6.45, 7) is 6.07. The van der Waals surface area contributed by atoms with Crippen molar-refractivity contribution in [2.24, 2.45) is 0 Å². The molecule has 3 aromatic carbocycles. The maximum Gasteiger partial charge on any atom is 0.268 e. The highest BCUT2D eigenvalue weighted by atomic mass is 35.5. The van der Waals surface area contributed by atoms with Crippen molar-refractivity contribution in [3.63, 3.8) is 0 Å². The molecular weight excluding hydrogens is 700 g/mol. The average molecular weight is 741 g/mol. The Kier molecular flexibility index (Phi) is 10.9. The molecule has 3 heterocycles. The maximum atomic E-state index is 13.7. The van der Waals surface area contributed by atoms with E-state index < -0.39 is 10.0 Å². The molecule has 270 valence electrons. The molecule has 1 aliphatic heterocycles. The second kappa shape index (κ2) is 15.6. The summed E-state index contributed by atoms with van der Waals surface area (Å²) in [6, 6.07) is 20.8. The average Bonchev–Trinajstić information content (AvgIpc) is 3.55. The van der Waals surface area contributed by atoms with Gasteiger partial charge in [-0.3, -0.25) is 9.59 Å². The number of carbonyl (C=O) groups is 2. The zero-order chi connectivity index (χ0) is 37.0. The number of rotatable bonds is 12. The van der Waals surface area contributed by atoms with Crippen LogP contribution in [-0.4, -0.2) is 97.3 Å². The van der Waals surface area contributed by atoms with Crippen molar-refractivity contribution in [1.29, 1.82) is 0 Å². The molecule has 5 aromatic rings. The molecule has 1 aliphatic rings. The number of benzene rings is 3. The first kappa shape index (κ1) is 36.5. The quantitative estimate of drug-likeness (QED) is 0.152. The van der Waals surface area contributed by atoms with E-state index in [0.29, 0.717) is 71.8 Å². The highest BCUT2D eigenvalue weighted by molar-refractivity contribution is 7.90. The normalized spacial score (nSPS) is 13.7. The van der Waals surface area contributed by atoms with Gasteiger partial charge in [0.05, 0.1) is 38.7 Å². The highest BCUT2D eigenvalue weighted by Crippen LogP contribution is 2.36. The van der Waals surface area contributed by atoms with E-state index in [1.54, 1.807) is 60.8 Å². The third-order valence-electron chi connectivity index (χ3n) is 9.07. The molecule has 6 rings (SSSR count). The van der Waals surface area contributed by atoms with Crippen LogP contribution in [0.4, 0.5) is 17.3 Å². The summed E-state index contributed by atoms with van der Waals surface area (Å²) in [5, 5.41) is 7.22. The van der Waals surface area contributed by atoms with E-state index >= 15 is 0 Å². The molecule has 52 heavy (non-hydrogen) atoms. The van der Waals surface area contributed by atoms with Crippen LogP contribution in [0.1, 0.15) is 23.2 Å². The minimum Gasteiger partial charge on any atom is -0.372 e. The van der Waals surface area contributed by atoms with Gasteiger partial charge in [0.1, 0.15) is 0 Å². The Morgan fingerprint density at radius 1 is 1.00 bits per heavy atom. The summed E-state index contributed by atoms with van der Waals surface area (Å²) >= 11 is 6.64. The van der Waals surface area contributed by atoms with Crippen molar-refractivity contribution in [3.05, 3.63) is 108 Å². The van der Waals surface area contributed by atoms with Crippen LogP contribution in [0.3, 0.4) is 0 Å².